The fraction of sp³-hybridized carbons (Fsp3) is 0.733. The predicted molar refractivity (Wildman–Crippen MR) is 81.5 cm³/mol. The summed E-state index contributed by atoms with van der Waals surface area (Å²) in [4.78, 5) is 26.4. The second kappa shape index (κ2) is 9.39. The molecule has 0 aromatic rings. The van der Waals surface area contributed by atoms with E-state index in [-0.39, 0.29) is 0 Å². The van der Waals surface area contributed by atoms with E-state index in [9.17, 15) is 14.7 Å². The zero-order valence-corrected chi connectivity index (χ0v) is 13.9. The predicted octanol–water partition coefficient (Wildman–Crippen LogP) is 0.859. The SMILES string of the molecule is CCC[C@H](C)/C=C/O[C@@H](C(=O)N(C)C)[C@@H](O)C(=O)N(C)C. The number of rotatable bonds is 8. The number of carbonyl (C=O) groups is 2. The van der Waals surface area contributed by atoms with Gasteiger partial charge in [0.1, 0.15) is 0 Å². The molecule has 0 saturated carbocycles. The van der Waals surface area contributed by atoms with Gasteiger partial charge in [0.2, 0.25) is 6.10 Å². The smallest absolute Gasteiger partial charge is 0.266 e. The Bertz CT molecular complexity index is 367. The van der Waals surface area contributed by atoms with E-state index in [1.165, 1.54) is 30.2 Å². The zero-order valence-electron chi connectivity index (χ0n) is 13.9. The standard InChI is InChI=1S/C15H28N2O4/c1-7-8-11(2)9-10-21-13(15(20)17(5)6)12(18)14(19)16(3)4/h9-13,18H,7-8H2,1-6H3/b10-9+/t11-,12+,13+/m0/s1. The lowest BCUT2D eigenvalue weighted by atomic mass is 10.1. The molecular weight excluding hydrogens is 272 g/mol. The molecule has 0 aliphatic carbocycles. The van der Waals surface area contributed by atoms with E-state index >= 15 is 0 Å². The third kappa shape index (κ3) is 6.62. The highest BCUT2D eigenvalue weighted by Gasteiger charge is 2.35. The van der Waals surface area contributed by atoms with E-state index in [0.717, 1.165) is 12.8 Å². The number of carbonyl (C=O) groups excluding carboxylic acids is 2. The third-order valence-corrected chi connectivity index (χ3v) is 3.04. The number of amides is 2. The number of ether oxygens (including phenoxy) is 1. The van der Waals surface area contributed by atoms with Crippen LogP contribution in [0.4, 0.5) is 0 Å². The van der Waals surface area contributed by atoms with Gasteiger partial charge in [-0.3, -0.25) is 9.59 Å². The highest BCUT2D eigenvalue weighted by atomic mass is 16.5. The first-order valence-corrected chi connectivity index (χ1v) is 7.14. The van der Waals surface area contributed by atoms with Crippen molar-refractivity contribution in [2.24, 2.45) is 5.92 Å². The monoisotopic (exact) mass is 300 g/mol. The van der Waals surface area contributed by atoms with Gasteiger partial charge in [-0.05, 0) is 18.4 Å². The Morgan fingerprint density at radius 1 is 1.14 bits per heavy atom. The second-order valence-corrected chi connectivity index (χ2v) is 5.56. The number of nitrogens with zero attached hydrogens (tertiary/aromatic N) is 2. The average molecular weight is 300 g/mol. The van der Waals surface area contributed by atoms with Crippen LogP contribution in [0.25, 0.3) is 0 Å². The number of hydrogen-bond acceptors (Lipinski definition) is 4. The van der Waals surface area contributed by atoms with Gasteiger partial charge in [0.05, 0.1) is 6.26 Å². The highest BCUT2D eigenvalue weighted by molar-refractivity contribution is 5.90. The first-order chi connectivity index (χ1) is 9.72. The quantitative estimate of drug-likeness (QED) is 0.675. The molecule has 0 heterocycles. The lowest BCUT2D eigenvalue weighted by Crippen LogP contribution is -2.49. The zero-order chi connectivity index (χ0) is 16.6. The van der Waals surface area contributed by atoms with Crippen molar-refractivity contribution >= 4 is 11.8 Å². The summed E-state index contributed by atoms with van der Waals surface area (Å²) in [5, 5.41) is 10.0. The minimum atomic E-state index is -1.53. The van der Waals surface area contributed by atoms with E-state index in [1.54, 1.807) is 14.1 Å². The molecule has 0 aromatic carbocycles. The Morgan fingerprint density at radius 3 is 2.10 bits per heavy atom. The van der Waals surface area contributed by atoms with Gasteiger partial charge >= 0.3 is 0 Å². The minimum Gasteiger partial charge on any atom is -0.485 e. The van der Waals surface area contributed by atoms with Crippen LogP contribution in [0.15, 0.2) is 12.3 Å². The minimum absolute atomic E-state index is 0.312. The molecule has 0 aliphatic heterocycles. The molecule has 0 unspecified atom stereocenters. The van der Waals surface area contributed by atoms with E-state index in [4.69, 9.17) is 4.74 Å². The van der Waals surface area contributed by atoms with Gasteiger partial charge in [0.25, 0.3) is 11.8 Å². The summed E-state index contributed by atoms with van der Waals surface area (Å²) in [5.74, 6) is -0.706. The van der Waals surface area contributed by atoms with Gasteiger partial charge in [-0.15, -0.1) is 0 Å². The van der Waals surface area contributed by atoms with E-state index in [0.29, 0.717) is 5.92 Å². The summed E-state index contributed by atoms with van der Waals surface area (Å²) in [5.41, 5.74) is 0. The largest absolute Gasteiger partial charge is 0.485 e. The Labute approximate surface area is 127 Å². The summed E-state index contributed by atoms with van der Waals surface area (Å²) >= 11 is 0. The van der Waals surface area contributed by atoms with Crippen LogP contribution in [0.5, 0.6) is 0 Å². The van der Waals surface area contributed by atoms with Crippen LogP contribution in [0.3, 0.4) is 0 Å². The van der Waals surface area contributed by atoms with Crippen LogP contribution in [0, 0.1) is 5.92 Å². The maximum atomic E-state index is 12.0. The molecule has 6 nitrogen and oxygen atoms in total. The van der Waals surface area contributed by atoms with Crippen LogP contribution in [-0.4, -0.2) is 67.1 Å². The number of hydrogen-bond donors (Lipinski definition) is 1. The molecule has 0 bridgehead atoms. The molecule has 0 aliphatic rings. The fourth-order valence-electron chi connectivity index (χ4n) is 1.73. The molecule has 0 saturated heterocycles. The first-order valence-electron chi connectivity index (χ1n) is 7.14. The first kappa shape index (κ1) is 19.4. The molecule has 0 radical (unpaired) electrons. The maximum Gasteiger partial charge on any atom is 0.266 e. The Morgan fingerprint density at radius 2 is 1.67 bits per heavy atom. The van der Waals surface area contributed by atoms with Crippen molar-refractivity contribution < 1.29 is 19.4 Å². The van der Waals surface area contributed by atoms with Gasteiger partial charge in [-0.25, -0.2) is 0 Å². The fourth-order valence-corrected chi connectivity index (χ4v) is 1.73. The lowest BCUT2D eigenvalue weighted by molar-refractivity contribution is -0.155. The molecule has 3 atom stereocenters. The van der Waals surface area contributed by atoms with Crippen molar-refractivity contribution in [3.05, 3.63) is 12.3 Å². The van der Waals surface area contributed by atoms with Gasteiger partial charge < -0.3 is 19.6 Å². The van der Waals surface area contributed by atoms with Crippen molar-refractivity contribution in [3.63, 3.8) is 0 Å². The molecule has 6 heteroatoms. The summed E-state index contributed by atoms with van der Waals surface area (Å²) in [6.45, 7) is 4.12. The maximum absolute atomic E-state index is 12.0. The van der Waals surface area contributed by atoms with Crippen LogP contribution in [0.2, 0.25) is 0 Å². The van der Waals surface area contributed by atoms with Crippen molar-refractivity contribution in [1.29, 1.82) is 0 Å². The molecule has 1 N–H and O–H groups in total. The van der Waals surface area contributed by atoms with Crippen molar-refractivity contribution in [2.75, 3.05) is 28.2 Å². The van der Waals surface area contributed by atoms with Crippen LogP contribution < -0.4 is 0 Å². The summed E-state index contributed by atoms with van der Waals surface area (Å²) in [6.07, 6.45) is 2.52. The van der Waals surface area contributed by atoms with Crippen LogP contribution in [0.1, 0.15) is 26.7 Å². The summed E-state index contributed by atoms with van der Waals surface area (Å²) in [6, 6.07) is 0. The van der Waals surface area contributed by atoms with E-state index in [2.05, 4.69) is 6.92 Å². The number of aliphatic hydroxyl groups is 1. The Balaban J connectivity index is 4.92. The van der Waals surface area contributed by atoms with E-state index < -0.39 is 24.0 Å². The third-order valence-electron chi connectivity index (χ3n) is 3.04. The normalized spacial score (nSPS) is 15.4. The van der Waals surface area contributed by atoms with Gasteiger partial charge in [-0.1, -0.05) is 20.3 Å². The Kier molecular flexibility index (Phi) is 8.69. The Hall–Kier alpha value is -1.56. The molecule has 2 amide bonds. The molecule has 0 rings (SSSR count). The molecule has 21 heavy (non-hydrogen) atoms. The molecular formula is C15H28N2O4. The molecule has 0 aromatic heterocycles. The number of likely N-dealkylation sites (N-methyl/N-ethyl adjacent to an activating group) is 2. The number of allylic oxidation sites excluding steroid dienone is 1. The second-order valence-electron chi connectivity index (χ2n) is 5.56. The summed E-state index contributed by atoms with van der Waals surface area (Å²) < 4.78 is 5.35. The van der Waals surface area contributed by atoms with Gasteiger partial charge in [-0.2, -0.15) is 0 Å². The van der Waals surface area contributed by atoms with Crippen molar-refractivity contribution in [2.45, 2.75) is 38.9 Å². The highest BCUT2D eigenvalue weighted by Crippen LogP contribution is 2.10. The number of aliphatic hydroxyl groups excluding tert-OH is 1. The van der Waals surface area contributed by atoms with Crippen LogP contribution >= 0.6 is 0 Å². The van der Waals surface area contributed by atoms with Crippen LogP contribution in [-0.2, 0) is 14.3 Å². The molecule has 122 valence electrons. The van der Waals surface area contributed by atoms with Crippen molar-refractivity contribution in [1.82, 2.24) is 9.80 Å². The van der Waals surface area contributed by atoms with E-state index in [1.807, 2.05) is 13.0 Å². The molecule has 0 spiro atoms. The molecule has 0 fully saturated rings. The van der Waals surface area contributed by atoms with Gasteiger partial charge in [0, 0.05) is 28.2 Å². The summed E-state index contributed by atoms with van der Waals surface area (Å²) in [7, 11) is 6.13. The van der Waals surface area contributed by atoms with Crippen molar-refractivity contribution in [3.8, 4) is 0 Å². The lowest BCUT2D eigenvalue weighted by Gasteiger charge is -2.25. The topological polar surface area (TPSA) is 70.1 Å². The average Bonchev–Trinajstić information content (AvgIpc) is 2.41. The van der Waals surface area contributed by atoms with Gasteiger partial charge in [0.15, 0.2) is 6.10 Å².